The lowest BCUT2D eigenvalue weighted by Crippen LogP contribution is -2.39. The summed E-state index contributed by atoms with van der Waals surface area (Å²) in [6.07, 6.45) is 3.09. The molecule has 1 fully saturated rings. The molecule has 0 amide bonds. The molecule has 0 saturated carbocycles. The lowest BCUT2D eigenvalue weighted by atomic mass is 10.0. The first-order valence-electron chi connectivity index (χ1n) is 10.3. The molecule has 0 atom stereocenters. The summed E-state index contributed by atoms with van der Waals surface area (Å²) in [6, 6.07) is 6.40. The number of hydrogen-bond acceptors (Lipinski definition) is 6. The molecule has 30 heavy (non-hydrogen) atoms. The highest BCUT2D eigenvalue weighted by atomic mass is 127. The highest BCUT2D eigenvalue weighted by Gasteiger charge is 2.13. The average Bonchev–Trinajstić information content (AvgIpc) is 2.74. The molecule has 0 bridgehead atoms. The molecule has 0 aliphatic carbocycles. The number of nitro benzene ring substituents is 1. The van der Waals surface area contributed by atoms with Crippen LogP contribution >= 0.6 is 24.0 Å². The van der Waals surface area contributed by atoms with Gasteiger partial charge in [0, 0.05) is 70.4 Å². The fraction of sp³-hybridized carbons (Fsp3) is 0.650. The number of aliphatic imine (C=N–C) groups is 1. The van der Waals surface area contributed by atoms with Gasteiger partial charge in [0.15, 0.2) is 5.96 Å². The van der Waals surface area contributed by atoms with Crippen LogP contribution in [0.15, 0.2) is 29.3 Å². The van der Waals surface area contributed by atoms with E-state index in [-0.39, 0.29) is 29.7 Å². The van der Waals surface area contributed by atoms with Crippen molar-refractivity contribution < 1.29 is 14.4 Å². The molecule has 0 spiro atoms. The van der Waals surface area contributed by atoms with Gasteiger partial charge in [0.1, 0.15) is 0 Å². The van der Waals surface area contributed by atoms with E-state index in [1.165, 1.54) is 12.1 Å². The van der Waals surface area contributed by atoms with Crippen LogP contribution in [0.1, 0.15) is 26.2 Å². The van der Waals surface area contributed by atoms with Crippen LogP contribution in [0.4, 0.5) is 11.4 Å². The highest BCUT2D eigenvalue weighted by molar-refractivity contribution is 14.0. The Morgan fingerprint density at radius 2 is 1.97 bits per heavy atom. The number of nitrogens with zero attached hydrogens (tertiary/aromatic N) is 2. The van der Waals surface area contributed by atoms with Gasteiger partial charge in [-0.15, -0.1) is 24.0 Å². The summed E-state index contributed by atoms with van der Waals surface area (Å²) in [5.41, 5.74) is 0.938. The van der Waals surface area contributed by atoms with Crippen LogP contribution < -0.4 is 16.0 Å². The van der Waals surface area contributed by atoms with Crippen LogP contribution in [0.3, 0.4) is 0 Å². The highest BCUT2D eigenvalue weighted by Crippen LogP contribution is 2.15. The van der Waals surface area contributed by atoms with Gasteiger partial charge in [-0.2, -0.15) is 0 Å². The van der Waals surface area contributed by atoms with Gasteiger partial charge < -0.3 is 25.4 Å². The topological polar surface area (TPSA) is 110 Å². The number of anilines is 1. The number of benzene rings is 1. The van der Waals surface area contributed by atoms with Crippen molar-refractivity contribution in [2.75, 3.05) is 57.9 Å². The van der Waals surface area contributed by atoms with E-state index in [9.17, 15) is 10.1 Å². The van der Waals surface area contributed by atoms with Gasteiger partial charge in [0.2, 0.25) is 0 Å². The molecule has 0 unspecified atom stereocenters. The first kappa shape index (κ1) is 26.4. The van der Waals surface area contributed by atoms with Crippen LogP contribution in [0.5, 0.6) is 0 Å². The van der Waals surface area contributed by atoms with Crippen LogP contribution in [0.25, 0.3) is 0 Å². The van der Waals surface area contributed by atoms with Crippen LogP contribution in [0, 0.1) is 16.0 Å². The standard InChI is InChI=1S/C20H33N5O4.HI/c1-2-21-20(23-10-3-13-29-16-17-8-14-28-15-9-17)24-12-11-22-18-4-6-19(7-5-18)25(26)27;/h4-7,17,22H,2-3,8-16H2,1H3,(H2,21,23,24);1H. The molecule has 2 rings (SSSR count). The minimum absolute atomic E-state index is 0. The maximum absolute atomic E-state index is 10.7. The van der Waals surface area contributed by atoms with Gasteiger partial charge >= 0.3 is 0 Å². The largest absolute Gasteiger partial charge is 0.383 e. The van der Waals surface area contributed by atoms with Crippen LogP contribution in [-0.2, 0) is 9.47 Å². The summed E-state index contributed by atoms with van der Waals surface area (Å²) in [7, 11) is 0. The lowest BCUT2D eigenvalue weighted by Gasteiger charge is -2.21. The second kappa shape index (κ2) is 16.1. The minimum atomic E-state index is -0.402. The summed E-state index contributed by atoms with van der Waals surface area (Å²) in [5.74, 6) is 1.41. The predicted molar refractivity (Wildman–Crippen MR) is 130 cm³/mol. The van der Waals surface area contributed by atoms with Crippen molar-refractivity contribution >= 4 is 41.3 Å². The second-order valence-corrected chi connectivity index (χ2v) is 6.90. The molecule has 1 aliphatic heterocycles. The molecule has 1 heterocycles. The van der Waals surface area contributed by atoms with Gasteiger partial charge in [-0.25, -0.2) is 0 Å². The molecule has 0 aromatic heterocycles. The van der Waals surface area contributed by atoms with Crippen LogP contribution in [-0.4, -0.2) is 63.5 Å². The maximum atomic E-state index is 10.7. The lowest BCUT2D eigenvalue weighted by molar-refractivity contribution is -0.384. The van der Waals surface area contributed by atoms with Crippen molar-refractivity contribution in [1.29, 1.82) is 0 Å². The Labute approximate surface area is 195 Å². The van der Waals surface area contributed by atoms with Crippen molar-refractivity contribution in [1.82, 2.24) is 10.6 Å². The number of halogens is 1. The summed E-state index contributed by atoms with van der Waals surface area (Å²) in [6.45, 7) is 8.15. The van der Waals surface area contributed by atoms with E-state index in [1.807, 2.05) is 6.92 Å². The van der Waals surface area contributed by atoms with E-state index in [4.69, 9.17) is 9.47 Å². The van der Waals surface area contributed by atoms with Crippen LogP contribution in [0.2, 0.25) is 0 Å². The van der Waals surface area contributed by atoms with Gasteiger partial charge in [-0.1, -0.05) is 0 Å². The SMILES string of the molecule is CCNC(=NCCCOCC1CCOCC1)NCCNc1ccc([N+](=O)[O-])cc1.I. The number of rotatable bonds is 12. The van der Waals surface area contributed by atoms with E-state index in [0.29, 0.717) is 25.6 Å². The van der Waals surface area contributed by atoms with Crippen molar-refractivity contribution in [2.24, 2.45) is 10.9 Å². The fourth-order valence-corrected chi connectivity index (χ4v) is 2.95. The van der Waals surface area contributed by atoms with Crippen molar-refractivity contribution in [2.45, 2.75) is 26.2 Å². The monoisotopic (exact) mass is 535 g/mol. The molecule has 170 valence electrons. The fourth-order valence-electron chi connectivity index (χ4n) is 2.95. The number of ether oxygens (including phenoxy) is 2. The molecular formula is C20H34IN5O4. The quantitative estimate of drug-likeness (QED) is 0.0943. The third kappa shape index (κ3) is 10.9. The number of non-ortho nitro benzene ring substituents is 1. The molecule has 1 aromatic rings. The number of nitro groups is 1. The molecule has 1 aromatic carbocycles. The van der Waals surface area contributed by atoms with Crippen molar-refractivity contribution in [3.05, 3.63) is 34.4 Å². The molecule has 1 saturated heterocycles. The summed E-state index contributed by atoms with van der Waals surface area (Å²) >= 11 is 0. The first-order chi connectivity index (χ1) is 14.2. The van der Waals surface area contributed by atoms with Crippen molar-refractivity contribution in [3.8, 4) is 0 Å². The zero-order chi connectivity index (χ0) is 20.7. The van der Waals surface area contributed by atoms with Crippen molar-refractivity contribution in [3.63, 3.8) is 0 Å². The van der Waals surface area contributed by atoms with E-state index in [1.54, 1.807) is 12.1 Å². The number of hydrogen-bond donors (Lipinski definition) is 3. The van der Waals surface area contributed by atoms with Gasteiger partial charge in [0.05, 0.1) is 4.92 Å². The zero-order valence-corrected chi connectivity index (χ0v) is 19.9. The minimum Gasteiger partial charge on any atom is -0.383 e. The molecular weight excluding hydrogens is 501 g/mol. The average molecular weight is 535 g/mol. The molecule has 1 aliphatic rings. The molecule has 10 heteroatoms. The maximum Gasteiger partial charge on any atom is 0.269 e. The Morgan fingerprint density at radius 3 is 2.63 bits per heavy atom. The Bertz CT molecular complexity index is 624. The molecule has 9 nitrogen and oxygen atoms in total. The smallest absolute Gasteiger partial charge is 0.269 e. The Hall–Kier alpha value is -1.66. The molecule has 0 radical (unpaired) electrons. The van der Waals surface area contributed by atoms with E-state index >= 15 is 0 Å². The third-order valence-electron chi connectivity index (χ3n) is 4.58. The molecule has 3 N–H and O–H groups in total. The Morgan fingerprint density at radius 1 is 1.23 bits per heavy atom. The van der Waals surface area contributed by atoms with Gasteiger partial charge in [-0.3, -0.25) is 15.1 Å². The summed E-state index contributed by atoms with van der Waals surface area (Å²) < 4.78 is 11.1. The van der Waals surface area contributed by atoms with E-state index in [2.05, 4.69) is 20.9 Å². The Kier molecular flexibility index (Phi) is 14.1. The van der Waals surface area contributed by atoms with Gasteiger partial charge in [0.25, 0.3) is 5.69 Å². The summed E-state index contributed by atoms with van der Waals surface area (Å²) in [5, 5.41) is 20.4. The Balaban J connectivity index is 0.00000450. The predicted octanol–water partition coefficient (Wildman–Crippen LogP) is 3.01. The number of nitrogens with one attached hydrogen (secondary N) is 3. The summed E-state index contributed by atoms with van der Waals surface area (Å²) in [4.78, 5) is 14.8. The second-order valence-electron chi connectivity index (χ2n) is 6.90. The third-order valence-corrected chi connectivity index (χ3v) is 4.58. The number of guanidine groups is 1. The van der Waals surface area contributed by atoms with E-state index < -0.39 is 4.92 Å². The van der Waals surface area contributed by atoms with E-state index in [0.717, 1.165) is 63.9 Å². The first-order valence-corrected chi connectivity index (χ1v) is 10.3. The zero-order valence-electron chi connectivity index (χ0n) is 17.6. The normalized spacial score (nSPS) is 14.6. The van der Waals surface area contributed by atoms with Gasteiger partial charge in [-0.05, 0) is 44.2 Å².